The minimum atomic E-state index is -0.527. The summed E-state index contributed by atoms with van der Waals surface area (Å²) in [5.74, 6) is 0.378. The second-order valence-corrected chi connectivity index (χ2v) is 6.22. The predicted octanol–water partition coefficient (Wildman–Crippen LogP) is 1.51. The third-order valence-corrected chi connectivity index (χ3v) is 4.30. The standard InChI is InChI=1S/C18H21N3O4/c1-20-17(23)9-10-21(18(20)24)12-16(22)19-13-5-4-8-15(11-13)25-14-6-2-3-7-14/h4-5,8-11,14H,2-3,6-7,12H2,1H3,(H,19,22). The second kappa shape index (κ2) is 7.38. The number of carbonyl (C=O) groups is 1. The minimum absolute atomic E-state index is 0.166. The Kier molecular flexibility index (Phi) is 5.02. The van der Waals surface area contributed by atoms with Crippen molar-refractivity contribution in [3.05, 3.63) is 57.4 Å². The summed E-state index contributed by atoms with van der Waals surface area (Å²) in [6, 6.07) is 8.48. The molecule has 1 aromatic carbocycles. The number of rotatable bonds is 5. The molecule has 0 atom stereocenters. The number of aromatic nitrogens is 2. The second-order valence-electron chi connectivity index (χ2n) is 6.22. The maximum Gasteiger partial charge on any atom is 0.331 e. The molecule has 1 fully saturated rings. The summed E-state index contributed by atoms with van der Waals surface area (Å²) < 4.78 is 8.07. The number of nitrogens with one attached hydrogen (secondary N) is 1. The first-order valence-electron chi connectivity index (χ1n) is 8.36. The zero-order valence-corrected chi connectivity index (χ0v) is 14.1. The average Bonchev–Trinajstić information content (AvgIpc) is 3.09. The van der Waals surface area contributed by atoms with Crippen molar-refractivity contribution < 1.29 is 9.53 Å². The number of carbonyl (C=O) groups excluding carboxylic acids is 1. The monoisotopic (exact) mass is 343 g/mol. The number of benzene rings is 1. The van der Waals surface area contributed by atoms with Crippen LogP contribution in [-0.4, -0.2) is 21.1 Å². The smallest absolute Gasteiger partial charge is 0.331 e. The third kappa shape index (κ3) is 4.17. The number of amides is 1. The van der Waals surface area contributed by atoms with Crippen molar-refractivity contribution in [2.75, 3.05) is 5.32 Å². The molecule has 7 heteroatoms. The van der Waals surface area contributed by atoms with E-state index in [9.17, 15) is 14.4 Å². The van der Waals surface area contributed by atoms with Gasteiger partial charge in [0.05, 0.1) is 6.10 Å². The van der Waals surface area contributed by atoms with E-state index in [2.05, 4.69) is 5.32 Å². The molecule has 1 heterocycles. The number of hydrogen-bond acceptors (Lipinski definition) is 4. The summed E-state index contributed by atoms with van der Waals surface area (Å²) >= 11 is 0. The first kappa shape index (κ1) is 17.0. The van der Waals surface area contributed by atoms with Gasteiger partial charge in [-0.15, -0.1) is 0 Å². The van der Waals surface area contributed by atoms with E-state index in [-0.39, 0.29) is 18.6 Å². The minimum Gasteiger partial charge on any atom is -0.490 e. The van der Waals surface area contributed by atoms with E-state index >= 15 is 0 Å². The lowest BCUT2D eigenvalue weighted by Gasteiger charge is -2.14. The zero-order valence-electron chi connectivity index (χ0n) is 14.1. The molecule has 1 aliphatic rings. The molecule has 2 aromatic rings. The molecule has 3 rings (SSSR count). The highest BCUT2D eigenvalue weighted by molar-refractivity contribution is 5.90. The Bertz CT molecular complexity index is 878. The molecule has 25 heavy (non-hydrogen) atoms. The Morgan fingerprint density at radius 2 is 2.00 bits per heavy atom. The van der Waals surface area contributed by atoms with Gasteiger partial charge in [-0.1, -0.05) is 6.07 Å². The van der Waals surface area contributed by atoms with Crippen molar-refractivity contribution in [2.24, 2.45) is 7.05 Å². The topological polar surface area (TPSA) is 82.3 Å². The van der Waals surface area contributed by atoms with Gasteiger partial charge in [0.2, 0.25) is 5.91 Å². The maximum atomic E-state index is 12.2. The molecule has 0 aliphatic heterocycles. The fourth-order valence-corrected chi connectivity index (χ4v) is 2.94. The fourth-order valence-electron chi connectivity index (χ4n) is 2.94. The van der Waals surface area contributed by atoms with Gasteiger partial charge in [0, 0.05) is 31.1 Å². The van der Waals surface area contributed by atoms with Crippen LogP contribution in [0, 0.1) is 0 Å². The first-order chi connectivity index (χ1) is 12.0. The Labute approximate surface area is 144 Å². The van der Waals surface area contributed by atoms with Gasteiger partial charge in [0.1, 0.15) is 12.3 Å². The number of anilines is 1. The first-order valence-corrected chi connectivity index (χ1v) is 8.36. The third-order valence-electron chi connectivity index (χ3n) is 4.30. The van der Waals surface area contributed by atoms with Crippen LogP contribution in [0.4, 0.5) is 5.69 Å². The summed E-state index contributed by atoms with van der Waals surface area (Å²) in [6.45, 7) is -0.166. The van der Waals surface area contributed by atoms with Gasteiger partial charge >= 0.3 is 5.69 Å². The average molecular weight is 343 g/mol. The summed E-state index contributed by atoms with van der Waals surface area (Å²) in [5.41, 5.74) is -0.322. The van der Waals surface area contributed by atoms with Crippen LogP contribution < -0.4 is 21.3 Å². The maximum absolute atomic E-state index is 12.2. The Morgan fingerprint density at radius 1 is 1.24 bits per heavy atom. The zero-order chi connectivity index (χ0) is 17.8. The molecule has 1 aliphatic carbocycles. The summed E-state index contributed by atoms with van der Waals surface area (Å²) in [5, 5.41) is 2.75. The van der Waals surface area contributed by atoms with Gasteiger partial charge in [0.15, 0.2) is 0 Å². The van der Waals surface area contributed by atoms with Crippen molar-refractivity contribution in [3.63, 3.8) is 0 Å². The van der Waals surface area contributed by atoms with Gasteiger partial charge in [-0.05, 0) is 37.8 Å². The molecular weight excluding hydrogens is 322 g/mol. The molecule has 0 spiro atoms. The van der Waals surface area contributed by atoms with Crippen LogP contribution in [0.15, 0.2) is 46.1 Å². The van der Waals surface area contributed by atoms with Crippen LogP contribution >= 0.6 is 0 Å². The highest BCUT2D eigenvalue weighted by atomic mass is 16.5. The van der Waals surface area contributed by atoms with E-state index in [0.29, 0.717) is 5.69 Å². The molecule has 1 aromatic heterocycles. The van der Waals surface area contributed by atoms with Crippen molar-refractivity contribution in [2.45, 2.75) is 38.3 Å². The fraction of sp³-hybridized carbons (Fsp3) is 0.389. The molecule has 1 saturated carbocycles. The summed E-state index contributed by atoms with van der Waals surface area (Å²) in [7, 11) is 1.38. The van der Waals surface area contributed by atoms with E-state index in [1.165, 1.54) is 36.7 Å². The van der Waals surface area contributed by atoms with Crippen LogP contribution in [0.2, 0.25) is 0 Å². The molecule has 0 radical (unpaired) electrons. The van der Waals surface area contributed by atoms with Crippen molar-refractivity contribution in [1.82, 2.24) is 9.13 Å². The van der Waals surface area contributed by atoms with Gasteiger partial charge in [-0.3, -0.25) is 18.7 Å². The lowest BCUT2D eigenvalue weighted by molar-refractivity contribution is -0.116. The van der Waals surface area contributed by atoms with Crippen LogP contribution in [0.1, 0.15) is 25.7 Å². The van der Waals surface area contributed by atoms with Crippen molar-refractivity contribution in [1.29, 1.82) is 0 Å². The van der Waals surface area contributed by atoms with Gasteiger partial charge in [0.25, 0.3) is 5.56 Å². The molecular formula is C18H21N3O4. The Hall–Kier alpha value is -2.83. The molecule has 0 saturated heterocycles. The van der Waals surface area contributed by atoms with Crippen LogP contribution in [0.3, 0.4) is 0 Å². The number of hydrogen-bond donors (Lipinski definition) is 1. The molecule has 1 amide bonds. The normalized spacial score (nSPS) is 14.4. The predicted molar refractivity (Wildman–Crippen MR) is 93.9 cm³/mol. The lowest BCUT2D eigenvalue weighted by atomic mass is 10.2. The molecule has 132 valence electrons. The Morgan fingerprint density at radius 3 is 2.76 bits per heavy atom. The van der Waals surface area contributed by atoms with Gasteiger partial charge in [-0.2, -0.15) is 0 Å². The SMILES string of the molecule is Cn1c(=O)ccn(CC(=O)Nc2cccc(OC3CCCC3)c2)c1=O. The highest BCUT2D eigenvalue weighted by Gasteiger charge is 2.16. The van der Waals surface area contributed by atoms with Crippen molar-refractivity contribution >= 4 is 11.6 Å². The van der Waals surface area contributed by atoms with Crippen LogP contribution in [0.5, 0.6) is 5.75 Å². The van der Waals surface area contributed by atoms with E-state index in [0.717, 1.165) is 23.2 Å². The van der Waals surface area contributed by atoms with E-state index in [1.807, 2.05) is 12.1 Å². The van der Waals surface area contributed by atoms with E-state index in [1.54, 1.807) is 12.1 Å². The van der Waals surface area contributed by atoms with Crippen LogP contribution in [0.25, 0.3) is 0 Å². The number of nitrogens with zero attached hydrogens (tertiary/aromatic N) is 2. The van der Waals surface area contributed by atoms with E-state index in [4.69, 9.17) is 4.74 Å². The number of ether oxygens (including phenoxy) is 1. The van der Waals surface area contributed by atoms with Crippen molar-refractivity contribution in [3.8, 4) is 5.75 Å². The lowest BCUT2D eigenvalue weighted by Crippen LogP contribution is -2.38. The molecule has 1 N–H and O–H groups in total. The largest absolute Gasteiger partial charge is 0.490 e. The quantitative estimate of drug-likeness (QED) is 0.892. The molecule has 7 nitrogen and oxygen atoms in total. The molecule has 0 bridgehead atoms. The highest BCUT2D eigenvalue weighted by Crippen LogP contribution is 2.25. The van der Waals surface area contributed by atoms with Gasteiger partial charge < -0.3 is 10.1 Å². The van der Waals surface area contributed by atoms with Gasteiger partial charge in [-0.25, -0.2) is 4.79 Å². The molecule has 0 unspecified atom stereocenters. The Balaban J connectivity index is 1.66. The summed E-state index contributed by atoms with van der Waals surface area (Å²) in [4.78, 5) is 35.5. The van der Waals surface area contributed by atoms with E-state index < -0.39 is 11.2 Å². The van der Waals surface area contributed by atoms with Crippen LogP contribution in [-0.2, 0) is 18.4 Å². The summed E-state index contributed by atoms with van der Waals surface area (Å²) in [6.07, 6.45) is 6.07.